The molecule has 19 heavy (non-hydrogen) atoms. The van der Waals surface area contributed by atoms with Crippen molar-refractivity contribution in [2.24, 2.45) is 5.92 Å². The first-order valence-electron chi connectivity index (χ1n) is 7.07. The van der Waals surface area contributed by atoms with E-state index >= 15 is 0 Å². The highest BCUT2D eigenvalue weighted by molar-refractivity contribution is 5.71. The van der Waals surface area contributed by atoms with Gasteiger partial charge in [0, 0.05) is 23.4 Å². The molecule has 4 heteroatoms. The Bertz CT molecular complexity index is 417. The molecule has 0 aliphatic rings. The van der Waals surface area contributed by atoms with Gasteiger partial charge in [-0.3, -0.25) is 4.79 Å². The van der Waals surface area contributed by atoms with E-state index in [2.05, 4.69) is 23.8 Å². The largest absolute Gasteiger partial charge is 0.481 e. The van der Waals surface area contributed by atoms with Crippen molar-refractivity contribution in [3.63, 3.8) is 0 Å². The van der Waals surface area contributed by atoms with Gasteiger partial charge in [-0.25, -0.2) is 9.97 Å². The lowest BCUT2D eigenvalue weighted by molar-refractivity contribution is -0.136. The smallest absolute Gasteiger partial charge is 0.307 e. The number of carbonyl (C=O) groups is 1. The van der Waals surface area contributed by atoms with E-state index in [0.29, 0.717) is 5.92 Å². The summed E-state index contributed by atoms with van der Waals surface area (Å²) in [7, 11) is 0. The maximum absolute atomic E-state index is 10.9. The first-order chi connectivity index (χ1) is 8.97. The van der Waals surface area contributed by atoms with Gasteiger partial charge in [-0.05, 0) is 25.2 Å². The van der Waals surface area contributed by atoms with Crippen molar-refractivity contribution in [2.45, 2.75) is 59.8 Å². The standard InChI is InChI=1S/C15H24N2O2/c1-5-12-11(9-15(18)19)13(6-2)17-14(16-12)8-7-10(3)4/h10H,5-9H2,1-4H3,(H,18,19). The Kier molecular flexibility index (Phi) is 5.93. The van der Waals surface area contributed by atoms with E-state index in [9.17, 15) is 4.79 Å². The van der Waals surface area contributed by atoms with Gasteiger partial charge in [0.15, 0.2) is 0 Å². The molecule has 1 aromatic heterocycles. The number of aryl methyl sites for hydroxylation is 3. The predicted octanol–water partition coefficient (Wildman–Crippen LogP) is 2.82. The molecule has 1 aromatic rings. The predicted molar refractivity (Wildman–Crippen MR) is 75.3 cm³/mol. The van der Waals surface area contributed by atoms with E-state index in [0.717, 1.165) is 48.5 Å². The van der Waals surface area contributed by atoms with Crippen molar-refractivity contribution < 1.29 is 9.90 Å². The van der Waals surface area contributed by atoms with E-state index in [1.54, 1.807) is 0 Å². The summed E-state index contributed by atoms with van der Waals surface area (Å²) in [4.78, 5) is 20.1. The molecular formula is C15H24N2O2. The molecule has 1 rings (SSSR count). The number of hydrogen-bond donors (Lipinski definition) is 1. The summed E-state index contributed by atoms with van der Waals surface area (Å²) < 4.78 is 0. The van der Waals surface area contributed by atoms with E-state index in [-0.39, 0.29) is 6.42 Å². The summed E-state index contributed by atoms with van der Waals surface area (Å²) >= 11 is 0. The molecule has 0 spiro atoms. The quantitative estimate of drug-likeness (QED) is 0.822. The molecule has 0 fully saturated rings. The fourth-order valence-electron chi connectivity index (χ4n) is 2.11. The minimum atomic E-state index is -0.817. The monoisotopic (exact) mass is 264 g/mol. The average molecular weight is 264 g/mol. The molecule has 0 aliphatic heterocycles. The van der Waals surface area contributed by atoms with Crippen LogP contribution in [-0.4, -0.2) is 21.0 Å². The van der Waals surface area contributed by atoms with Crippen molar-refractivity contribution in [3.8, 4) is 0 Å². The Morgan fingerprint density at radius 2 is 1.68 bits per heavy atom. The van der Waals surface area contributed by atoms with Gasteiger partial charge in [-0.2, -0.15) is 0 Å². The number of hydrogen-bond acceptors (Lipinski definition) is 3. The average Bonchev–Trinajstić information content (AvgIpc) is 2.36. The summed E-state index contributed by atoms with van der Waals surface area (Å²) in [6.07, 6.45) is 3.46. The van der Waals surface area contributed by atoms with Gasteiger partial charge in [-0.1, -0.05) is 27.7 Å². The minimum absolute atomic E-state index is 0.0246. The highest BCUT2D eigenvalue weighted by atomic mass is 16.4. The van der Waals surface area contributed by atoms with Crippen LogP contribution in [0.4, 0.5) is 0 Å². The van der Waals surface area contributed by atoms with Crippen molar-refractivity contribution in [1.29, 1.82) is 0 Å². The number of rotatable bonds is 7. The molecule has 0 radical (unpaired) electrons. The zero-order valence-corrected chi connectivity index (χ0v) is 12.4. The van der Waals surface area contributed by atoms with Crippen LogP contribution in [0, 0.1) is 5.92 Å². The van der Waals surface area contributed by atoms with Crippen LogP contribution in [0.3, 0.4) is 0 Å². The normalized spacial score (nSPS) is 11.0. The third kappa shape index (κ3) is 4.62. The SMILES string of the molecule is CCc1nc(CCC(C)C)nc(CC)c1CC(=O)O. The molecule has 0 aromatic carbocycles. The van der Waals surface area contributed by atoms with Crippen molar-refractivity contribution in [3.05, 3.63) is 22.8 Å². The second kappa shape index (κ2) is 7.22. The fraction of sp³-hybridized carbons (Fsp3) is 0.667. The van der Waals surface area contributed by atoms with Crippen LogP contribution in [0.2, 0.25) is 0 Å². The molecule has 4 nitrogen and oxygen atoms in total. The van der Waals surface area contributed by atoms with Crippen LogP contribution >= 0.6 is 0 Å². The second-order valence-corrected chi connectivity index (χ2v) is 5.22. The zero-order chi connectivity index (χ0) is 14.4. The maximum atomic E-state index is 10.9. The summed E-state index contributed by atoms with van der Waals surface area (Å²) in [5.41, 5.74) is 2.60. The lowest BCUT2D eigenvalue weighted by Crippen LogP contribution is -2.13. The molecule has 0 atom stereocenters. The number of aliphatic carboxylic acids is 1. The Balaban J connectivity index is 3.08. The number of nitrogens with zero attached hydrogens (tertiary/aromatic N) is 2. The van der Waals surface area contributed by atoms with Gasteiger partial charge < -0.3 is 5.11 Å². The molecule has 0 amide bonds. The first kappa shape index (κ1) is 15.6. The minimum Gasteiger partial charge on any atom is -0.481 e. The third-order valence-electron chi connectivity index (χ3n) is 3.17. The summed E-state index contributed by atoms with van der Waals surface area (Å²) in [6, 6.07) is 0. The van der Waals surface area contributed by atoms with Crippen LogP contribution < -0.4 is 0 Å². The van der Waals surface area contributed by atoms with Crippen LogP contribution in [0.25, 0.3) is 0 Å². The van der Waals surface area contributed by atoms with Crippen molar-refractivity contribution >= 4 is 5.97 Å². The second-order valence-electron chi connectivity index (χ2n) is 5.22. The van der Waals surface area contributed by atoms with Gasteiger partial charge in [0.1, 0.15) is 5.82 Å². The van der Waals surface area contributed by atoms with E-state index < -0.39 is 5.97 Å². The molecule has 0 saturated carbocycles. The number of carboxylic acids is 1. The Hall–Kier alpha value is -1.45. The molecule has 0 saturated heterocycles. The third-order valence-corrected chi connectivity index (χ3v) is 3.17. The van der Waals surface area contributed by atoms with Gasteiger partial charge in [0.05, 0.1) is 6.42 Å². The molecule has 1 N–H and O–H groups in total. The van der Waals surface area contributed by atoms with Gasteiger partial charge in [0.25, 0.3) is 0 Å². The highest BCUT2D eigenvalue weighted by Gasteiger charge is 2.15. The van der Waals surface area contributed by atoms with Crippen molar-refractivity contribution in [2.75, 3.05) is 0 Å². The van der Waals surface area contributed by atoms with Crippen LogP contribution in [-0.2, 0) is 30.5 Å². The highest BCUT2D eigenvalue weighted by Crippen LogP contribution is 2.16. The van der Waals surface area contributed by atoms with Crippen LogP contribution in [0.1, 0.15) is 56.9 Å². The topological polar surface area (TPSA) is 63.1 Å². The zero-order valence-electron chi connectivity index (χ0n) is 12.4. The molecule has 0 bridgehead atoms. The molecule has 0 aliphatic carbocycles. The van der Waals surface area contributed by atoms with Crippen LogP contribution in [0.15, 0.2) is 0 Å². The van der Waals surface area contributed by atoms with Gasteiger partial charge in [-0.15, -0.1) is 0 Å². The fourth-order valence-corrected chi connectivity index (χ4v) is 2.11. The van der Waals surface area contributed by atoms with E-state index in [4.69, 9.17) is 5.11 Å². The van der Waals surface area contributed by atoms with Crippen LogP contribution in [0.5, 0.6) is 0 Å². The number of aromatic nitrogens is 2. The Morgan fingerprint density at radius 3 is 2.05 bits per heavy atom. The molecular weight excluding hydrogens is 240 g/mol. The lowest BCUT2D eigenvalue weighted by atomic mass is 10.0. The summed E-state index contributed by atoms with van der Waals surface area (Å²) in [6.45, 7) is 8.39. The molecule has 106 valence electrons. The van der Waals surface area contributed by atoms with E-state index in [1.807, 2.05) is 13.8 Å². The first-order valence-corrected chi connectivity index (χ1v) is 7.07. The van der Waals surface area contributed by atoms with Gasteiger partial charge in [0.2, 0.25) is 0 Å². The summed E-state index contributed by atoms with van der Waals surface area (Å²) in [5, 5.41) is 9.00. The van der Waals surface area contributed by atoms with Gasteiger partial charge >= 0.3 is 5.97 Å². The lowest BCUT2D eigenvalue weighted by Gasteiger charge is -2.13. The van der Waals surface area contributed by atoms with Crippen molar-refractivity contribution in [1.82, 2.24) is 9.97 Å². The molecule has 0 unspecified atom stereocenters. The van der Waals surface area contributed by atoms with E-state index in [1.165, 1.54) is 0 Å². The maximum Gasteiger partial charge on any atom is 0.307 e. The number of carboxylic acid groups (broad SMARTS) is 1. The molecule has 1 heterocycles. The Labute approximate surface area is 115 Å². The summed E-state index contributed by atoms with van der Waals surface area (Å²) in [5.74, 6) is 0.664. The Morgan fingerprint density at radius 1 is 1.16 bits per heavy atom.